The molecule has 0 aliphatic carbocycles. The first-order valence-electron chi connectivity index (χ1n) is 6.89. The monoisotopic (exact) mass is 313 g/mol. The second-order valence-electron chi connectivity index (χ2n) is 4.99. The van der Waals surface area contributed by atoms with Gasteiger partial charge in [0.05, 0.1) is 11.3 Å². The summed E-state index contributed by atoms with van der Waals surface area (Å²) in [5, 5.41) is 17.0. The minimum absolute atomic E-state index is 0. The Balaban J connectivity index is 0.00000220. The number of rotatable bonds is 6. The molecule has 1 saturated heterocycles. The normalized spacial score (nSPS) is 17.0. The summed E-state index contributed by atoms with van der Waals surface area (Å²) in [5.41, 5.74) is 0.453. The van der Waals surface area contributed by atoms with E-state index in [-0.39, 0.29) is 30.4 Å². The van der Waals surface area contributed by atoms with Gasteiger partial charge < -0.3 is 10.6 Å². The Morgan fingerprint density at radius 2 is 2.19 bits per heavy atom. The first-order valence-corrected chi connectivity index (χ1v) is 6.89. The zero-order valence-corrected chi connectivity index (χ0v) is 12.5. The van der Waals surface area contributed by atoms with Crippen LogP contribution in [-0.4, -0.2) is 30.0 Å². The lowest BCUT2D eigenvalue weighted by Crippen LogP contribution is -2.31. The Kier molecular flexibility index (Phi) is 7.11. The van der Waals surface area contributed by atoms with Crippen LogP contribution < -0.4 is 10.6 Å². The zero-order chi connectivity index (χ0) is 14.4. The van der Waals surface area contributed by atoms with Crippen molar-refractivity contribution in [3.8, 4) is 0 Å². The Morgan fingerprint density at radius 3 is 2.86 bits per heavy atom. The maximum absolute atomic E-state index is 11.8. The highest BCUT2D eigenvalue weighted by Crippen LogP contribution is 2.17. The van der Waals surface area contributed by atoms with Gasteiger partial charge in [-0.25, -0.2) is 0 Å². The van der Waals surface area contributed by atoms with Crippen LogP contribution in [0.4, 0.5) is 5.69 Å². The fourth-order valence-corrected chi connectivity index (χ4v) is 2.46. The third kappa shape index (κ3) is 5.32. The van der Waals surface area contributed by atoms with E-state index in [2.05, 4.69) is 10.6 Å². The molecule has 1 aromatic carbocycles. The second-order valence-corrected chi connectivity index (χ2v) is 4.99. The third-order valence-corrected chi connectivity index (χ3v) is 3.52. The van der Waals surface area contributed by atoms with E-state index in [0.717, 1.165) is 19.4 Å². The summed E-state index contributed by atoms with van der Waals surface area (Å²) >= 11 is 0. The molecule has 0 saturated carbocycles. The SMILES string of the molecule is Cl.O=C(Cc1ccccc1[N+](=O)[O-])NCC[C@H]1CCCN1. The number of nitro groups is 1. The number of hydrogen-bond acceptors (Lipinski definition) is 4. The first kappa shape index (κ1) is 17.4. The highest BCUT2D eigenvalue weighted by atomic mass is 35.5. The van der Waals surface area contributed by atoms with Gasteiger partial charge in [0.15, 0.2) is 0 Å². The number of halogens is 1. The predicted molar refractivity (Wildman–Crippen MR) is 82.7 cm³/mol. The van der Waals surface area contributed by atoms with E-state index in [0.29, 0.717) is 18.2 Å². The number of hydrogen-bond donors (Lipinski definition) is 2. The van der Waals surface area contributed by atoms with E-state index in [4.69, 9.17) is 0 Å². The zero-order valence-electron chi connectivity index (χ0n) is 11.7. The maximum atomic E-state index is 11.8. The Labute approximate surface area is 129 Å². The molecule has 2 rings (SSSR count). The Bertz CT molecular complexity index is 490. The lowest BCUT2D eigenvalue weighted by atomic mass is 10.1. The summed E-state index contributed by atoms with van der Waals surface area (Å²) in [6.45, 7) is 1.66. The van der Waals surface area contributed by atoms with Crippen molar-refractivity contribution in [2.45, 2.75) is 31.7 Å². The van der Waals surface area contributed by atoms with Gasteiger partial charge in [0.2, 0.25) is 5.91 Å². The van der Waals surface area contributed by atoms with Crippen LogP contribution in [0, 0.1) is 10.1 Å². The van der Waals surface area contributed by atoms with Crippen LogP contribution in [0.2, 0.25) is 0 Å². The van der Waals surface area contributed by atoms with Gasteiger partial charge in [0.1, 0.15) is 0 Å². The van der Waals surface area contributed by atoms with Crippen LogP contribution in [0.25, 0.3) is 0 Å². The highest BCUT2D eigenvalue weighted by molar-refractivity contribution is 5.85. The Hall–Kier alpha value is -1.66. The van der Waals surface area contributed by atoms with E-state index in [1.165, 1.54) is 12.5 Å². The van der Waals surface area contributed by atoms with Crippen molar-refractivity contribution in [2.24, 2.45) is 0 Å². The molecule has 1 heterocycles. The smallest absolute Gasteiger partial charge is 0.273 e. The molecule has 116 valence electrons. The van der Waals surface area contributed by atoms with Crippen molar-refractivity contribution in [1.82, 2.24) is 10.6 Å². The molecule has 1 amide bonds. The molecule has 0 unspecified atom stereocenters. The van der Waals surface area contributed by atoms with Gasteiger partial charge in [-0.15, -0.1) is 12.4 Å². The molecule has 0 bridgehead atoms. The molecule has 1 aliphatic rings. The number of carbonyl (C=O) groups is 1. The largest absolute Gasteiger partial charge is 0.356 e. The number of benzene rings is 1. The van der Waals surface area contributed by atoms with E-state index < -0.39 is 4.92 Å². The molecule has 1 fully saturated rings. The molecule has 1 aliphatic heterocycles. The van der Waals surface area contributed by atoms with Crippen molar-refractivity contribution >= 4 is 24.0 Å². The van der Waals surface area contributed by atoms with Crippen molar-refractivity contribution < 1.29 is 9.72 Å². The van der Waals surface area contributed by atoms with Gasteiger partial charge in [0, 0.05) is 24.2 Å². The molecule has 7 heteroatoms. The molecule has 1 atom stereocenters. The quantitative estimate of drug-likeness (QED) is 0.620. The molecule has 6 nitrogen and oxygen atoms in total. The molecule has 0 spiro atoms. The topological polar surface area (TPSA) is 84.3 Å². The minimum atomic E-state index is -0.453. The summed E-state index contributed by atoms with van der Waals surface area (Å²) in [6.07, 6.45) is 3.30. The average Bonchev–Trinajstić information content (AvgIpc) is 2.92. The number of amides is 1. The molecule has 0 aromatic heterocycles. The summed E-state index contributed by atoms with van der Waals surface area (Å²) in [6, 6.07) is 6.84. The number of para-hydroxylation sites is 1. The third-order valence-electron chi connectivity index (χ3n) is 3.52. The van der Waals surface area contributed by atoms with Gasteiger partial charge in [-0.1, -0.05) is 18.2 Å². The summed E-state index contributed by atoms with van der Waals surface area (Å²) < 4.78 is 0. The predicted octanol–water partition coefficient (Wildman–Crippen LogP) is 1.82. The lowest BCUT2D eigenvalue weighted by molar-refractivity contribution is -0.385. The van der Waals surface area contributed by atoms with Gasteiger partial charge in [-0.05, 0) is 25.8 Å². The van der Waals surface area contributed by atoms with Gasteiger partial charge in [0.25, 0.3) is 5.69 Å². The lowest BCUT2D eigenvalue weighted by Gasteiger charge is -2.10. The van der Waals surface area contributed by atoms with E-state index in [9.17, 15) is 14.9 Å². The molecule has 21 heavy (non-hydrogen) atoms. The van der Waals surface area contributed by atoms with Crippen LogP contribution in [0.5, 0.6) is 0 Å². The standard InChI is InChI=1S/C14H19N3O3.ClH/c18-14(16-9-7-12-5-3-8-15-12)10-11-4-1-2-6-13(11)17(19)20;/h1-2,4,6,12,15H,3,5,7-10H2,(H,16,18);1H/t12-;/m1./s1. The molecule has 1 aromatic rings. The number of carbonyl (C=O) groups excluding carboxylic acids is 1. The molecular formula is C14H20ClN3O3. The average molecular weight is 314 g/mol. The first-order chi connectivity index (χ1) is 9.66. The summed E-state index contributed by atoms with van der Waals surface area (Å²) in [4.78, 5) is 22.2. The summed E-state index contributed by atoms with van der Waals surface area (Å²) in [5.74, 6) is -0.169. The van der Waals surface area contributed by atoms with Crippen molar-refractivity contribution in [1.29, 1.82) is 0 Å². The van der Waals surface area contributed by atoms with Crippen LogP contribution in [0.15, 0.2) is 24.3 Å². The Morgan fingerprint density at radius 1 is 1.43 bits per heavy atom. The maximum Gasteiger partial charge on any atom is 0.273 e. The number of nitrogens with one attached hydrogen (secondary N) is 2. The van der Waals surface area contributed by atoms with E-state index in [1.807, 2.05) is 0 Å². The van der Waals surface area contributed by atoms with Gasteiger partial charge in [-0.2, -0.15) is 0 Å². The van der Waals surface area contributed by atoms with Crippen molar-refractivity contribution in [3.05, 3.63) is 39.9 Å². The number of nitrogens with zero attached hydrogens (tertiary/aromatic N) is 1. The van der Waals surface area contributed by atoms with E-state index >= 15 is 0 Å². The van der Waals surface area contributed by atoms with Crippen molar-refractivity contribution in [2.75, 3.05) is 13.1 Å². The second kappa shape index (κ2) is 8.59. The molecule has 2 N–H and O–H groups in total. The van der Waals surface area contributed by atoms with E-state index in [1.54, 1.807) is 18.2 Å². The van der Waals surface area contributed by atoms with Crippen LogP contribution in [0.1, 0.15) is 24.8 Å². The fraction of sp³-hybridized carbons (Fsp3) is 0.500. The van der Waals surface area contributed by atoms with Gasteiger partial charge in [-0.3, -0.25) is 14.9 Å². The van der Waals surface area contributed by atoms with Crippen LogP contribution in [-0.2, 0) is 11.2 Å². The molecule has 0 radical (unpaired) electrons. The number of nitro benzene ring substituents is 1. The van der Waals surface area contributed by atoms with Gasteiger partial charge >= 0.3 is 0 Å². The van der Waals surface area contributed by atoms with Crippen LogP contribution >= 0.6 is 12.4 Å². The fourth-order valence-electron chi connectivity index (χ4n) is 2.46. The van der Waals surface area contributed by atoms with Crippen molar-refractivity contribution in [3.63, 3.8) is 0 Å². The highest BCUT2D eigenvalue weighted by Gasteiger charge is 2.16. The minimum Gasteiger partial charge on any atom is -0.356 e. The molecular weight excluding hydrogens is 294 g/mol. The summed E-state index contributed by atoms with van der Waals surface area (Å²) in [7, 11) is 0. The van der Waals surface area contributed by atoms with Crippen LogP contribution in [0.3, 0.4) is 0 Å².